The molecule has 3 aliphatic rings. The molecule has 0 spiro atoms. The fourth-order valence-corrected chi connectivity index (χ4v) is 4.90. The normalized spacial score (nSPS) is 28.9. The van der Waals surface area contributed by atoms with E-state index < -0.39 is 15.3 Å². The molecule has 2 atom stereocenters. The van der Waals surface area contributed by atoms with Crippen molar-refractivity contribution in [3.63, 3.8) is 0 Å². The summed E-state index contributed by atoms with van der Waals surface area (Å²) in [5, 5.41) is -0.494. The molecular formula is C15H22N4O4S. The van der Waals surface area contributed by atoms with Gasteiger partial charge in [-0.1, -0.05) is 0 Å². The molecule has 0 radical (unpaired) electrons. The third-order valence-electron chi connectivity index (χ3n) is 5.06. The lowest BCUT2D eigenvalue weighted by Gasteiger charge is -2.41. The van der Waals surface area contributed by atoms with Crippen molar-refractivity contribution in [3.8, 4) is 0 Å². The van der Waals surface area contributed by atoms with Crippen LogP contribution in [0.1, 0.15) is 37.5 Å². The molecule has 0 bridgehead atoms. The minimum Gasteiger partial charge on any atom is -0.378 e. The minimum absolute atomic E-state index is 0.0907. The van der Waals surface area contributed by atoms with Crippen LogP contribution >= 0.6 is 0 Å². The van der Waals surface area contributed by atoms with Gasteiger partial charge in [0.2, 0.25) is 15.9 Å². The third-order valence-corrected chi connectivity index (χ3v) is 6.84. The van der Waals surface area contributed by atoms with E-state index >= 15 is 0 Å². The number of carbonyl (C=O) groups is 1. The Labute approximate surface area is 141 Å². The number of ether oxygens (including phenoxy) is 1. The Balaban J connectivity index is 1.66. The Morgan fingerprint density at radius 2 is 2.04 bits per heavy atom. The molecule has 3 fully saturated rings. The first-order valence-electron chi connectivity index (χ1n) is 8.34. The van der Waals surface area contributed by atoms with Crippen molar-refractivity contribution in [2.45, 2.75) is 49.1 Å². The van der Waals surface area contributed by atoms with Gasteiger partial charge in [-0.05, 0) is 19.3 Å². The van der Waals surface area contributed by atoms with Gasteiger partial charge in [0, 0.05) is 37.9 Å². The number of hydrogen-bond acceptors (Lipinski definition) is 5. The highest BCUT2D eigenvalue weighted by Crippen LogP contribution is 2.40. The molecule has 1 aliphatic carbocycles. The van der Waals surface area contributed by atoms with E-state index in [0.29, 0.717) is 12.8 Å². The van der Waals surface area contributed by atoms with Crippen molar-refractivity contribution in [3.05, 3.63) is 18.2 Å². The number of likely N-dealkylation sites (tertiary alicyclic amines) is 1. The molecule has 1 aromatic rings. The van der Waals surface area contributed by atoms with E-state index in [9.17, 15) is 13.2 Å². The SMILES string of the molecule is Cn1ccnc1[C@H]1[C@H](NS(=O)(=O)C2COC2)CCC(=O)N1C1CC1. The van der Waals surface area contributed by atoms with Crippen LogP contribution in [0.25, 0.3) is 0 Å². The van der Waals surface area contributed by atoms with Crippen LogP contribution in [0.4, 0.5) is 0 Å². The van der Waals surface area contributed by atoms with Crippen molar-refractivity contribution in [2.75, 3.05) is 13.2 Å². The standard InChI is InChI=1S/C15H22N4O4S/c1-18-7-6-16-15(18)14-12(17-24(21,22)11-8-23-9-11)4-5-13(20)19(14)10-2-3-10/h6-7,10-12,14,17H,2-5,8-9H2,1H3/t12-,14-/m1/s1. The number of piperidine rings is 1. The molecule has 0 unspecified atom stereocenters. The molecule has 2 aliphatic heterocycles. The van der Waals surface area contributed by atoms with Crippen LogP contribution < -0.4 is 4.72 Å². The molecule has 0 aromatic carbocycles. The third kappa shape index (κ3) is 2.74. The predicted octanol–water partition coefficient (Wildman–Crippen LogP) is -0.0672. The smallest absolute Gasteiger partial charge is 0.223 e. The lowest BCUT2D eigenvalue weighted by Crippen LogP contribution is -2.57. The summed E-state index contributed by atoms with van der Waals surface area (Å²) in [6.07, 6.45) is 6.32. The molecule has 1 saturated carbocycles. The zero-order chi connectivity index (χ0) is 16.9. The maximum atomic E-state index is 12.5. The lowest BCUT2D eigenvalue weighted by atomic mass is 9.95. The average molecular weight is 354 g/mol. The number of aryl methyl sites for hydroxylation is 1. The highest BCUT2D eigenvalue weighted by atomic mass is 32.2. The van der Waals surface area contributed by atoms with Crippen LogP contribution in [0.5, 0.6) is 0 Å². The summed E-state index contributed by atoms with van der Waals surface area (Å²) in [5.74, 6) is 0.820. The second-order valence-electron chi connectivity index (χ2n) is 6.84. The van der Waals surface area contributed by atoms with E-state index in [2.05, 4.69) is 9.71 Å². The Morgan fingerprint density at radius 1 is 1.29 bits per heavy atom. The molecule has 4 rings (SSSR count). The molecule has 2 saturated heterocycles. The maximum absolute atomic E-state index is 12.5. The van der Waals surface area contributed by atoms with E-state index in [1.54, 1.807) is 6.20 Å². The van der Waals surface area contributed by atoms with Crippen molar-refractivity contribution in [2.24, 2.45) is 7.05 Å². The first-order chi connectivity index (χ1) is 11.5. The molecule has 3 heterocycles. The zero-order valence-corrected chi connectivity index (χ0v) is 14.4. The van der Waals surface area contributed by atoms with Gasteiger partial charge >= 0.3 is 0 Å². The van der Waals surface area contributed by atoms with Crippen LogP contribution in [0, 0.1) is 0 Å². The summed E-state index contributed by atoms with van der Waals surface area (Å²) in [5.41, 5.74) is 0. The quantitative estimate of drug-likeness (QED) is 0.799. The fourth-order valence-electron chi connectivity index (χ4n) is 3.49. The van der Waals surface area contributed by atoms with E-state index in [1.165, 1.54) is 0 Å². The van der Waals surface area contributed by atoms with Crippen molar-refractivity contribution in [1.82, 2.24) is 19.2 Å². The van der Waals surface area contributed by atoms with Gasteiger partial charge in [0.25, 0.3) is 0 Å². The second kappa shape index (κ2) is 5.82. The molecule has 1 N–H and O–H groups in total. The number of rotatable bonds is 5. The van der Waals surface area contributed by atoms with Gasteiger partial charge in [0.1, 0.15) is 17.1 Å². The number of nitrogens with one attached hydrogen (secondary N) is 1. The van der Waals surface area contributed by atoms with Crippen LogP contribution in [0.2, 0.25) is 0 Å². The topological polar surface area (TPSA) is 93.5 Å². The van der Waals surface area contributed by atoms with Gasteiger partial charge in [-0.25, -0.2) is 18.1 Å². The number of nitrogens with zero attached hydrogens (tertiary/aromatic N) is 3. The zero-order valence-electron chi connectivity index (χ0n) is 13.6. The van der Waals surface area contributed by atoms with Gasteiger partial charge in [-0.2, -0.15) is 0 Å². The Morgan fingerprint density at radius 3 is 2.58 bits per heavy atom. The summed E-state index contributed by atoms with van der Waals surface area (Å²) in [7, 11) is -1.58. The van der Waals surface area contributed by atoms with E-state index in [0.717, 1.165) is 18.7 Å². The Bertz CT molecular complexity index is 738. The summed E-state index contributed by atoms with van der Waals surface area (Å²) < 4.78 is 34.8. The summed E-state index contributed by atoms with van der Waals surface area (Å²) >= 11 is 0. The molecule has 8 nitrogen and oxygen atoms in total. The molecule has 1 aromatic heterocycles. The molecule has 24 heavy (non-hydrogen) atoms. The Hall–Kier alpha value is -1.45. The predicted molar refractivity (Wildman–Crippen MR) is 85.5 cm³/mol. The van der Waals surface area contributed by atoms with Gasteiger partial charge in [0.05, 0.1) is 13.2 Å². The van der Waals surface area contributed by atoms with Crippen LogP contribution in [0.3, 0.4) is 0 Å². The molecule has 1 amide bonds. The summed E-state index contributed by atoms with van der Waals surface area (Å²) in [6, 6.07) is -0.497. The van der Waals surface area contributed by atoms with Crippen molar-refractivity contribution < 1.29 is 17.9 Å². The van der Waals surface area contributed by atoms with Gasteiger partial charge < -0.3 is 14.2 Å². The first kappa shape index (κ1) is 16.0. The summed E-state index contributed by atoms with van der Waals surface area (Å²) in [6.45, 7) is 0.473. The number of imidazole rings is 1. The highest BCUT2D eigenvalue weighted by molar-refractivity contribution is 7.90. The first-order valence-corrected chi connectivity index (χ1v) is 9.89. The number of sulfonamides is 1. The van der Waals surface area contributed by atoms with Gasteiger partial charge in [-0.15, -0.1) is 0 Å². The number of amides is 1. The fraction of sp³-hybridized carbons (Fsp3) is 0.733. The minimum atomic E-state index is -3.46. The summed E-state index contributed by atoms with van der Waals surface area (Å²) in [4.78, 5) is 18.8. The number of hydrogen-bond donors (Lipinski definition) is 1. The number of aromatic nitrogens is 2. The van der Waals surface area contributed by atoms with Crippen LogP contribution in [-0.2, 0) is 26.6 Å². The largest absolute Gasteiger partial charge is 0.378 e. The second-order valence-corrected chi connectivity index (χ2v) is 8.83. The number of carbonyl (C=O) groups excluding carboxylic acids is 1. The Kier molecular flexibility index (Phi) is 3.89. The van der Waals surface area contributed by atoms with Crippen molar-refractivity contribution >= 4 is 15.9 Å². The van der Waals surface area contributed by atoms with Gasteiger partial charge in [0.15, 0.2) is 0 Å². The lowest BCUT2D eigenvalue weighted by molar-refractivity contribution is -0.138. The van der Waals surface area contributed by atoms with Crippen LogP contribution in [-0.4, -0.2) is 59.3 Å². The maximum Gasteiger partial charge on any atom is 0.223 e. The van der Waals surface area contributed by atoms with Crippen LogP contribution in [0.15, 0.2) is 12.4 Å². The van der Waals surface area contributed by atoms with E-state index in [4.69, 9.17) is 4.74 Å². The molecular weight excluding hydrogens is 332 g/mol. The highest BCUT2D eigenvalue weighted by Gasteiger charge is 2.47. The van der Waals surface area contributed by atoms with E-state index in [1.807, 2.05) is 22.7 Å². The molecule has 132 valence electrons. The van der Waals surface area contributed by atoms with E-state index in [-0.39, 0.29) is 37.2 Å². The van der Waals surface area contributed by atoms with Gasteiger partial charge in [-0.3, -0.25) is 4.79 Å². The molecule has 9 heteroatoms. The van der Waals surface area contributed by atoms with Crippen molar-refractivity contribution in [1.29, 1.82) is 0 Å². The average Bonchev–Trinajstić information content (AvgIpc) is 3.20. The monoisotopic (exact) mass is 354 g/mol.